The summed E-state index contributed by atoms with van der Waals surface area (Å²) < 4.78 is 18.1. The van der Waals surface area contributed by atoms with Gasteiger partial charge in [-0.2, -0.15) is 0 Å². The van der Waals surface area contributed by atoms with Crippen LogP contribution in [0, 0.1) is 5.82 Å². The Morgan fingerprint density at radius 3 is 2.67 bits per heavy atom. The Balaban J connectivity index is 2.44. The average Bonchev–Trinajstić information content (AvgIpc) is 2.64. The minimum Gasteiger partial charge on any atom is -0.467 e. The third kappa shape index (κ3) is 2.56. The summed E-state index contributed by atoms with van der Waals surface area (Å²) in [4.78, 5) is 36.1. The summed E-state index contributed by atoms with van der Waals surface area (Å²) in [6, 6.07) is 2.19. The Morgan fingerprint density at radius 2 is 2.10 bits per heavy atom. The summed E-state index contributed by atoms with van der Waals surface area (Å²) in [5.41, 5.74) is -2.00. The van der Waals surface area contributed by atoms with Gasteiger partial charge in [-0.25, -0.2) is 9.18 Å². The smallest absolute Gasteiger partial charge is 0.339 e. The Hall–Kier alpha value is -1.80. The second kappa shape index (κ2) is 5.19. The molecule has 0 saturated carbocycles. The highest BCUT2D eigenvalue weighted by molar-refractivity contribution is 9.10. The zero-order chi connectivity index (χ0) is 15.9. The molecule has 6 nitrogen and oxygen atoms in total. The summed E-state index contributed by atoms with van der Waals surface area (Å²) in [5, 5.41) is 10.0. The number of rotatable bonds is 3. The Kier molecular flexibility index (Phi) is 3.85. The molecule has 1 N–H and O–H groups in total. The van der Waals surface area contributed by atoms with E-state index in [1.807, 2.05) is 0 Å². The highest BCUT2D eigenvalue weighted by Crippen LogP contribution is 2.34. The Labute approximate surface area is 127 Å². The topological polar surface area (TPSA) is 83.9 Å². The van der Waals surface area contributed by atoms with E-state index in [1.165, 1.54) is 6.07 Å². The molecular formula is C13H11BrFNO5. The number of ether oxygens (including phenoxy) is 1. The van der Waals surface area contributed by atoms with E-state index >= 15 is 0 Å². The van der Waals surface area contributed by atoms with Gasteiger partial charge in [-0.1, -0.05) is 0 Å². The van der Waals surface area contributed by atoms with Gasteiger partial charge in [0, 0.05) is 0 Å². The molecular weight excluding hydrogens is 349 g/mol. The molecule has 1 aromatic rings. The van der Waals surface area contributed by atoms with Crippen LogP contribution in [0.3, 0.4) is 0 Å². The number of benzene rings is 1. The lowest BCUT2D eigenvalue weighted by atomic mass is 10.1. The molecule has 1 aromatic carbocycles. The van der Waals surface area contributed by atoms with E-state index in [2.05, 4.69) is 20.7 Å². The van der Waals surface area contributed by atoms with E-state index in [1.54, 1.807) is 0 Å². The van der Waals surface area contributed by atoms with Crippen LogP contribution in [0.15, 0.2) is 16.6 Å². The van der Waals surface area contributed by atoms with Crippen molar-refractivity contribution in [3.63, 3.8) is 0 Å². The number of hydrogen-bond acceptors (Lipinski definition) is 5. The van der Waals surface area contributed by atoms with Gasteiger partial charge in [0.15, 0.2) is 5.60 Å². The monoisotopic (exact) mass is 359 g/mol. The fourth-order valence-corrected chi connectivity index (χ4v) is 2.38. The third-order valence-electron chi connectivity index (χ3n) is 3.10. The molecule has 1 heterocycles. The number of carbonyl (C=O) groups is 3. The fraction of sp³-hybridized carbons (Fsp3) is 0.308. The van der Waals surface area contributed by atoms with Crippen LogP contribution < -0.4 is 4.90 Å². The lowest BCUT2D eigenvalue weighted by molar-refractivity contribution is -0.159. The van der Waals surface area contributed by atoms with Crippen molar-refractivity contribution in [2.45, 2.75) is 12.5 Å². The van der Waals surface area contributed by atoms with Gasteiger partial charge in [0.05, 0.1) is 29.4 Å². The first kappa shape index (κ1) is 15.6. The lowest BCUT2D eigenvalue weighted by Crippen LogP contribution is -2.49. The lowest BCUT2D eigenvalue weighted by Gasteiger charge is -2.26. The van der Waals surface area contributed by atoms with Crippen molar-refractivity contribution in [2.24, 2.45) is 0 Å². The molecule has 0 fully saturated rings. The molecule has 0 radical (unpaired) electrons. The largest absolute Gasteiger partial charge is 0.467 e. The number of fused-ring (bicyclic) bond motifs is 1. The maximum absolute atomic E-state index is 13.6. The molecule has 1 aliphatic rings. The molecule has 2 rings (SSSR count). The van der Waals surface area contributed by atoms with Crippen LogP contribution >= 0.6 is 15.9 Å². The summed E-state index contributed by atoms with van der Waals surface area (Å²) in [6.07, 6.45) is 0. The van der Waals surface area contributed by atoms with Gasteiger partial charge in [0.1, 0.15) is 5.82 Å². The number of aliphatic hydroxyl groups is 1. The molecule has 1 atom stereocenters. The van der Waals surface area contributed by atoms with Gasteiger partial charge < -0.3 is 14.7 Å². The van der Waals surface area contributed by atoms with Crippen LogP contribution in [0.5, 0.6) is 0 Å². The minimum absolute atomic E-state index is 0.00828. The highest BCUT2D eigenvalue weighted by Gasteiger charge is 2.43. The zero-order valence-corrected chi connectivity index (χ0v) is 12.7. The molecule has 0 aromatic heterocycles. The van der Waals surface area contributed by atoms with Crippen LogP contribution in [-0.4, -0.2) is 42.0 Å². The SMILES string of the molecule is COC(=O)C(C)(O)CN1C(=O)C(=O)c2cc(Br)c(F)cc21. The second-order valence-electron chi connectivity index (χ2n) is 4.77. The molecule has 1 amide bonds. The normalized spacial score (nSPS) is 16.7. The van der Waals surface area contributed by atoms with E-state index in [-0.39, 0.29) is 15.7 Å². The Bertz CT molecular complexity index is 658. The van der Waals surface area contributed by atoms with E-state index < -0.39 is 35.6 Å². The molecule has 0 saturated heterocycles. The maximum atomic E-state index is 13.6. The quantitative estimate of drug-likeness (QED) is 0.643. The van der Waals surface area contributed by atoms with Crippen molar-refractivity contribution in [3.05, 3.63) is 28.0 Å². The zero-order valence-electron chi connectivity index (χ0n) is 11.1. The number of halogens is 2. The second-order valence-corrected chi connectivity index (χ2v) is 5.62. The first-order valence-electron chi connectivity index (χ1n) is 5.85. The number of hydrogen-bond donors (Lipinski definition) is 1. The van der Waals surface area contributed by atoms with Crippen molar-refractivity contribution in [1.29, 1.82) is 0 Å². The van der Waals surface area contributed by atoms with Gasteiger partial charge in [0.25, 0.3) is 11.7 Å². The number of β-amino-alcohol motifs (C(OH)–C–C–N with tert-alkyl or cyclic N) is 1. The molecule has 0 aliphatic carbocycles. The summed E-state index contributed by atoms with van der Waals surface area (Å²) >= 11 is 2.93. The van der Waals surface area contributed by atoms with Crippen molar-refractivity contribution >= 4 is 39.3 Å². The minimum atomic E-state index is -2.02. The molecule has 1 unspecified atom stereocenters. The number of carbonyl (C=O) groups excluding carboxylic acids is 3. The van der Waals surface area contributed by atoms with Gasteiger partial charge in [0.2, 0.25) is 0 Å². The van der Waals surface area contributed by atoms with E-state index in [9.17, 15) is 23.9 Å². The first-order chi connectivity index (χ1) is 9.69. The molecule has 8 heteroatoms. The number of methoxy groups -OCH3 is 1. The van der Waals surface area contributed by atoms with Crippen molar-refractivity contribution in [2.75, 3.05) is 18.6 Å². The molecule has 112 valence electrons. The van der Waals surface area contributed by atoms with Crippen molar-refractivity contribution < 1.29 is 28.6 Å². The van der Waals surface area contributed by atoms with Crippen molar-refractivity contribution in [3.8, 4) is 0 Å². The third-order valence-corrected chi connectivity index (χ3v) is 3.71. The molecule has 1 aliphatic heterocycles. The summed E-state index contributed by atoms with van der Waals surface area (Å²) in [6.45, 7) is 0.627. The van der Waals surface area contributed by atoms with Gasteiger partial charge in [-0.3, -0.25) is 9.59 Å². The fourth-order valence-electron chi connectivity index (χ4n) is 2.04. The van der Waals surface area contributed by atoms with Crippen LogP contribution in [0.25, 0.3) is 0 Å². The van der Waals surface area contributed by atoms with Crippen LogP contribution in [0.2, 0.25) is 0 Å². The molecule has 0 bridgehead atoms. The Morgan fingerprint density at radius 1 is 1.48 bits per heavy atom. The van der Waals surface area contributed by atoms with Crippen LogP contribution in [0.1, 0.15) is 17.3 Å². The summed E-state index contributed by atoms with van der Waals surface area (Å²) in [5.74, 6) is -3.40. The maximum Gasteiger partial charge on any atom is 0.339 e. The van der Waals surface area contributed by atoms with Crippen LogP contribution in [0.4, 0.5) is 10.1 Å². The molecule has 21 heavy (non-hydrogen) atoms. The number of anilines is 1. The van der Waals surface area contributed by atoms with Gasteiger partial charge in [-0.15, -0.1) is 0 Å². The van der Waals surface area contributed by atoms with Crippen LogP contribution in [-0.2, 0) is 14.3 Å². The number of amides is 1. The van der Waals surface area contributed by atoms with Crippen molar-refractivity contribution in [1.82, 2.24) is 0 Å². The average molecular weight is 360 g/mol. The van der Waals surface area contributed by atoms with Gasteiger partial charge in [-0.05, 0) is 35.0 Å². The predicted molar refractivity (Wildman–Crippen MR) is 73.4 cm³/mol. The standard InChI is InChI=1S/C13H11BrFNO5/c1-13(20,12(19)21-2)5-16-9-4-8(15)7(14)3-6(9)10(17)11(16)18/h3-4,20H,5H2,1-2H3. The predicted octanol–water partition coefficient (Wildman–Crippen LogP) is 1.04. The van der Waals surface area contributed by atoms with E-state index in [4.69, 9.17) is 0 Å². The molecule has 0 spiro atoms. The number of ketones is 1. The number of Topliss-reactive ketones (excluding diaryl/α,β-unsaturated/α-hetero) is 1. The highest BCUT2D eigenvalue weighted by atomic mass is 79.9. The number of nitrogens with zero attached hydrogens (tertiary/aromatic N) is 1. The summed E-state index contributed by atoms with van der Waals surface area (Å²) in [7, 11) is 1.08. The van der Waals surface area contributed by atoms with Gasteiger partial charge >= 0.3 is 5.97 Å². The number of esters is 1. The van der Waals surface area contributed by atoms with E-state index in [0.29, 0.717) is 0 Å². The van der Waals surface area contributed by atoms with E-state index in [0.717, 1.165) is 25.0 Å². The first-order valence-corrected chi connectivity index (χ1v) is 6.64.